The third-order valence-electron chi connectivity index (χ3n) is 10.4. The number of hydrogen-bond acceptors (Lipinski definition) is 7. The molecule has 1 saturated carbocycles. The number of nitrogens with one attached hydrogen (secondary N) is 2. The first kappa shape index (κ1) is 40.1. The number of likely N-dealkylation sites (tertiary alicyclic amines) is 1. The normalized spacial score (nSPS) is 15.6. The van der Waals surface area contributed by atoms with E-state index in [4.69, 9.17) is 10.2 Å². The molecule has 0 atom stereocenters. The molecule has 3 N–H and O–H groups in total. The molecule has 0 bridgehead atoms. The highest BCUT2D eigenvalue weighted by molar-refractivity contribution is 6.00. The topological polar surface area (TPSA) is 169 Å². The summed E-state index contributed by atoms with van der Waals surface area (Å²) in [5, 5.41) is 23.8. The molecule has 14 heteroatoms. The molecule has 2 aromatic heterocycles. The lowest BCUT2D eigenvalue weighted by Gasteiger charge is -2.31. The van der Waals surface area contributed by atoms with Crippen LogP contribution in [0, 0.1) is 11.7 Å². The Balaban J connectivity index is 0.000000546. The monoisotopic (exact) mass is 745 g/mol. The van der Waals surface area contributed by atoms with E-state index in [0.717, 1.165) is 5.92 Å². The van der Waals surface area contributed by atoms with Gasteiger partial charge in [-0.05, 0) is 37.3 Å². The Morgan fingerprint density at radius 3 is 2.24 bits per heavy atom. The predicted molar refractivity (Wildman–Crippen MR) is 203 cm³/mol. The number of amides is 3. The van der Waals surface area contributed by atoms with Crippen molar-refractivity contribution in [1.29, 1.82) is 0 Å². The van der Waals surface area contributed by atoms with Crippen LogP contribution in [0.15, 0.2) is 36.5 Å². The first-order valence-corrected chi connectivity index (χ1v) is 19.0. The van der Waals surface area contributed by atoms with Gasteiger partial charge in [0, 0.05) is 55.2 Å². The molecule has 3 amide bonds. The SMILES string of the molecule is CC(=O)CCC(=O)N1CCC(c2nn(CC(=O)NCC(=O)NCC(=O)O)c3cccc(-c4ccc5cnn(C)c5c4F)c23)CC1.CC1CCCCCCC1. The maximum absolute atomic E-state index is 16.0. The second kappa shape index (κ2) is 18.8. The van der Waals surface area contributed by atoms with Crippen molar-refractivity contribution in [3.63, 3.8) is 0 Å². The first-order valence-electron chi connectivity index (χ1n) is 19.0. The summed E-state index contributed by atoms with van der Waals surface area (Å²) in [6.45, 7) is 3.59. The van der Waals surface area contributed by atoms with E-state index in [1.165, 1.54) is 61.2 Å². The van der Waals surface area contributed by atoms with Gasteiger partial charge in [0.2, 0.25) is 17.7 Å². The van der Waals surface area contributed by atoms with Gasteiger partial charge in [-0.2, -0.15) is 10.2 Å². The van der Waals surface area contributed by atoms with Crippen LogP contribution in [0.25, 0.3) is 32.9 Å². The predicted octanol–water partition coefficient (Wildman–Crippen LogP) is 5.49. The number of rotatable bonds is 11. The Hall–Kier alpha value is -5.14. The van der Waals surface area contributed by atoms with Gasteiger partial charge >= 0.3 is 5.97 Å². The fourth-order valence-electron chi connectivity index (χ4n) is 7.43. The molecule has 1 saturated heterocycles. The van der Waals surface area contributed by atoms with Gasteiger partial charge in [0.1, 0.15) is 24.4 Å². The molecule has 4 aromatic rings. The number of carbonyl (C=O) groups excluding carboxylic acids is 4. The zero-order chi connectivity index (χ0) is 38.8. The van der Waals surface area contributed by atoms with Gasteiger partial charge in [0.25, 0.3) is 0 Å². The van der Waals surface area contributed by atoms with Crippen molar-refractivity contribution in [2.75, 3.05) is 26.2 Å². The Kier molecular flexibility index (Phi) is 13.9. The van der Waals surface area contributed by atoms with Crippen LogP contribution in [0.4, 0.5) is 4.39 Å². The maximum Gasteiger partial charge on any atom is 0.322 e. The minimum Gasteiger partial charge on any atom is -0.480 e. The number of fused-ring (bicyclic) bond motifs is 2. The molecule has 0 spiro atoms. The molecule has 3 heterocycles. The van der Waals surface area contributed by atoms with Crippen LogP contribution in [-0.2, 0) is 37.6 Å². The van der Waals surface area contributed by atoms with E-state index < -0.39 is 36.7 Å². The van der Waals surface area contributed by atoms with Gasteiger partial charge in [-0.25, -0.2) is 4.39 Å². The Morgan fingerprint density at radius 1 is 0.870 bits per heavy atom. The number of ketones is 1. The summed E-state index contributed by atoms with van der Waals surface area (Å²) in [6.07, 6.45) is 13.6. The van der Waals surface area contributed by atoms with E-state index in [9.17, 15) is 24.0 Å². The summed E-state index contributed by atoms with van der Waals surface area (Å²) in [7, 11) is 1.67. The molecule has 1 aliphatic carbocycles. The Labute approximate surface area is 314 Å². The van der Waals surface area contributed by atoms with Crippen LogP contribution in [-0.4, -0.2) is 85.2 Å². The van der Waals surface area contributed by atoms with Gasteiger partial charge < -0.3 is 25.4 Å². The molecule has 0 radical (unpaired) electrons. The third kappa shape index (κ3) is 10.3. The lowest BCUT2D eigenvalue weighted by molar-refractivity contribution is -0.137. The lowest BCUT2D eigenvalue weighted by atomic mass is 9.88. The van der Waals surface area contributed by atoms with E-state index in [0.29, 0.717) is 64.6 Å². The molecule has 1 aliphatic heterocycles. The number of aromatic nitrogens is 4. The summed E-state index contributed by atoms with van der Waals surface area (Å²) in [6, 6.07) is 8.88. The number of benzene rings is 2. The molecule has 6 rings (SSSR count). The molecule has 54 heavy (non-hydrogen) atoms. The zero-order valence-corrected chi connectivity index (χ0v) is 31.5. The number of hydrogen-bond donors (Lipinski definition) is 3. The fourth-order valence-corrected chi connectivity index (χ4v) is 7.43. The molecule has 2 aromatic carbocycles. The quantitative estimate of drug-likeness (QED) is 0.181. The number of carbonyl (C=O) groups is 5. The summed E-state index contributed by atoms with van der Waals surface area (Å²) < 4.78 is 19.0. The van der Waals surface area contributed by atoms with Crippen molar-refractivity contribution in [2.24, 2.45) is 13.0 Å². The van der Waals surface area contributed by atoms with Crippen molar-refractivity contribution in [1.82, 2.24) is 35.1 Å². The van der Waals surface area contributed by atoms with Crippen LogP contribution in [0.2, 0.25) is 0 Å². The minimum absolute atomic E-state index is 0.0377. The number of Topliss-reactive ketones (excluding diaryl/α,β-unsaturated/α-hetero) is 1. The van der Waals surface area contributed by atoms with Gasteiger partial charge in [0.05, 0.1) is 24.0 Å². The number of aryl methyl sites for hydroxylation is 1. The van der Waals surface area contributed by atoms with E-state index in [1.807, 2.05) is 6.07 Å². The fraction of sp³-hybridized carbons (Fsp3) is 0.525. The first-order chi connectivity index (χ1) is 25.9. The van der Waals surface area contributed by atoms with Crippen LogP contribution >= 0.6 is 0 Å². The average Bonchev–Trinajstić information content (AvgIpc) is 3.71. The number of carboxylic acid groups (broad SMARTS) is 1. The smallest absolute Gasteiger partial charge is 0.322 e. The summed E-state index contributed by atoms with van der Waals surface area (Å²) >= 11 is 0. The average molecular weight is 746 g/mol. The van der Waals surface area contributed by atoms with Crippen molar-refractivity contribution >= 4 is 51.3 Å². The van der Waals surface area contributed by atoms with Crippen molar-refractivity contribution < 1.29 is 33.5 Å². The molecule has 290 valence electrons. The van der Waals surface area contributed by atoms with Crippen LogP contribution < -0.4 is 10.6 Å². The van der Waals surface area contributed by atoms with Crippen LogP contribution in [0.5, 0.6) is 0 Å². The van der Waals surface area contributed by atoms with Crippen LogP contribution in [0.1, 0.15) is 96.1 Å². The van der Waals surface area contributed by atoms with E-state index in [-0.39, 0.29) is 37.0 Å². The summed E-state index contributed by atoms with van der Waals surface area (Å²) in [5.41, 5.74) is 2.58. The Bertz CT molecular complexity index is 1970. The lowest BCUT2D eigenvalue weighted by Crippen LogP contribution is -2.40. The summed E-state index contributed by atoms with van der Waals surface area (Å²) in [4.78, 5) is 61.2. The standard InChI is InChI=1S/C31H34FN7O6.C9H18/c1-18(40)6-9-26(43)38-12-10-19(11-13-38)30-28-21(22-8-7-20-14-35-37(2)31(20)29(22)32)4-3-5-23(28)39(36-30)17-25(42)33-15-24(41)34-16-27(44)45;1-9-7-5-3-2-4-6-8-9/h3-5,7-8,14,19H,6,9-13,15-17H2,1-2H3,(H,33,42)(H,34,41)(H,44,45);9H,2-8H2,1H3. The number of carboxylic acids is 1. The minimum atomic E-state index is -1.20. The zero-order valence-electron chi connectivity index (χ0n) is 31.5. The number of piperidine rings is 1. The number of aliphatic carboxylic acids is 1. The molecule has 0 unspecified atom stereocenters. The van der Waals surface area contributed by atoms with Gasteiger partial charge in [-0.1, -0.05) is 76.1 Å². The molecular formula is C40H52FN7O6. The van der Waals surface area contributed by atoms with Gasteiger partial charge in [-0.3, -0.25) is 28.5 Å². The highest BCUT2D eigenvalue weighted by Crippen LogP contribution is 2.40. The molecule has 13 nitrogen and oxygen atoms in total. The Morgan fingerprint density at radius 2 is 1.56 bits per heavy atom. The largest absolute Gasteiger partial charge is 0.480 e. The second-order valence-electron chi connectivity index (χ2n) is 14.6. The van der Waals surface area contributed by atoms with Crippen LogP contribution in [0.3, 0.4) is 0 Å². The van der Waals surface area contributed by atoms with Gasteiger partial charge in [-0.15, -0.1) is 0 Å². The molecule has 2 fully saturated rings. The number of nitrogens with zero attached hydrogens (tertiary/aromatic N) is 5. The van der Waals surface area contributed by atoms with Gasteiger partial charge in [0.15, 0.2) is 5.82 Å². The van der Waals surface area contributed by atoms with E-state index >= 15 is 4.39 Å². The number of halogens is 1. The molecular weight excluding hydrogens is 693 g/mol. The van der Waals surface area contributed by atoms with Crippen molar-refractivity contribution in [3.8, 4) is 11.1 Å². The second-order valence-corrected chi connectivity index (χ2v) is 14.6. The van der Waals surface area contributed by atoms with E-state index in [2.05, 4.69) is 22.7 Å². The highest BCUT2D eigenvalue weighted by Gasteiger charge is 2.29. The summed E-state index contributed by atoms with van der Waals surface area (Å²) in [5.74, 6) is -1.99. The third-order valence-corrected chi connectivity index (χ3v) is 10.4. The molecule has 2 aliphatic rings. The van der Waals surface area contributed by atoms with Crippen molar-refractivity contribution in [3.05, 3.63) is 48.0 Å². The highest BCUT2D eigenvalue weighted by atomic mass is 19.1. The maximum atomic E-state index is 16.0. The van der Waals surface area contributed by atoms with Crippen molar-refractivity contribution in [2.45, 2.75) is 96.9 Å². The van der Waals surface area contributed by atoms with E-state index in [1.54, 1.807) is 42.4 Å².